The van der Waals surface area contributed by atoms with Gasteiger partial charge in [-0.15, -0.1) is 0 Å². The molecule has 1 atom stereocenters. The van der Waals surface area contributed by atoms with Gasteiger partial charge in [-0.2, -0.15) is 0 Å². The van der Waals surface area contributed by atoms with Gasteiger partial charge in [0.2, 0.25) is 11.8 Å². The summed E-state index contributed by atoms with van der Waals surface area (Å²) in [6.45, 7) is 6.03. The summed E-state index contributed by atoms with van der Waals surface area (Å²) in [6.07, 6.45) is 0.898. The van der Waals surface area contributed by atoms with E-state index in [9.17, 15) is 14.4 Å². The Morgan fingerprint density at radius 2 is 1.93 bits per heavy atom. The zero-order chi connectivity index (χ0) is 20.0. The number of ether oxygens (including phenoxy) is 1. The minimum absolute atomic E-state index is 0.0914. The SMILES string of the molecule is CCCNC(=O)CN1C(=O)CC(c2ccc(Cl)cc2)C(C(=O)OCC)=C1C. The molecule has 6 nitrogen and oxygen atoms in total. The first-order valence-electron chi connectivity index (χ1n) is 9.09. The van der Waals surface area contributed by atoms with Crippen molar-refractivity contribution in [1.82, 2.24) is 10.2 Å². The van der Waals surface area contributed by atoms with Gasteiger partial charge in [-0.05, 0) is 38.0 Å². The molecule has 0 fully saturated rings. The number of allylic oxidation sites excluding steroid dienone is 1. The highest BCUT2D eigenvalue weighted by Crippen LogP contribution is 2.37. The van der Waals surface area contributed by atoms with Gasteiger partial charge in [0.25, 0.3) is 0 Å². The fraction of sp³-hybridized carbons (Fsp3) is 0.450. The molecule has 1 N–H and O–H groups in total. The van der Waals surface area contributed by atoms with Crippen molar-refractivity contribution in [1.29, 1.82) is 0 Å². The molecule has 0 spiro atoms. The Bertz CT molecular complexity index is 743. The molecule has 7 heteroatoms. The number of benzene rings is 1. The molecule has 146 valence electrons. The van der Waals surface area contributed by atoms with Crippen LogP contribution in [0.5, 0.6) is 0 Å². The zero-order valence-electron chi connectivity index (χ0n) is 15.9. The molecule has 27 heavy (non-hydrogen) atoms. The first-order valence-corrected chi connectivity index (χ1v) is 9.47. The summed E-state index contributed by atoms with van der Waals surface area (Å²) in [5.74, 6) is -1.35. The van der Waals surface area contributed by atoms with E-state index in [1.54, 1.807) is 38.1 Å². The fourth-order valence-electron chi connectivity index (χ4n) is 3.12. The normalized spacial score (nSPS) is 17.1. The number of nitrogens with one attached hydrogen (secondary N) is 1. The zero-order valence-corrected chi connectivity index (χ0v) is 16.6. The summed E-state index contributed by atoms with van der Waals surface area (Å²) in [6, 6.07) is 7.06. The fourth-order valence-corrected chi connectivity index (χ4v) is 3.25. The van der Waals surface area contributed by atoms with Crippen LogP contribution in [0.25, 0.3) is 0 Å². The van der Waals surface area contributed by atoms with Crippen LogP contribution in [0.15, 0.2) is 35.5 Å². The van der Waals surface area contributed by atoms with Gasteiger partial charge in [0.05, 0.1) is 12.2 Å². The Labute approximate surface area is 164 Å². The maximum Gasteiger partial charge on any atom is 0.336 e. The molecule has 2 rings (SSSR count). The molecular formula is C20H25ClN2O4. The minimum atomic E-state index is -0.471. The van der Waals surface area contributed by atoms with Crippen molar-refractivity contribution in [3.8, 4) is 0 Å². The Morgan fingerprint density at radius 1 is 1.26 bits per heavy atom. The lowest BCUT2D eigenvalue weighted by atomic mass is 9.83. The van der Waals surface area contributed by atoms with Gasteiger partial charge in [-0.1, -0.05) is 30.7 Å². The lowest BCUT2D eigenvalue weighted by Gasteiger charge is -2.34. The molecule has 0 saturated heterocycles. The number of hydrogen-bond acceptors (Lipinski definition) is 4. The van der Waals surface area contributed by atoms with Crippen molar-refractivity contribution < 1.29 is 19.1 Å². The summed E-state index contributed by atoms with van der Waals surface area (Å²) < 4.78 is 5.22. The van der Waals surface area contributed by atoms with Crippen LogP contribution in [0.1, 0.15) is 45.1 Å². The summed E-state index contributed by atoms with van der Waals surface area (Å²) >= 11 is 5.96. The summed E-state index contributed by atoms with van der Waals surface area (Å²) in [5.41, 5.74) is 1.67. The second-order valence-electron chi connectivity index (χ2n) is 6.36. The van der Waals surface area contributed by atoms with Gasteiger partial charge in [-0.3, -0.25) is 9.59 Å². The monoisotopic (exact) mass is 392 g/mol. The lowest BCUT2D eigenvalue weighted by Crippen LogP contribution is -2.44. The highest BCUT2D eigenvalue weighted by Gasteiger charge is 2.37. The van der Waals surface area contributed by atoms with Gasteiger partial charge >= 0.3 is 5.97 Å². The van der Waals surface area contributed by atoms with Crippen molar-refractivity contribution in [2.75, 3.05) is 19.7 Å². The van der Waals surface area contributed by atoms with Crippen LogP contribution in [0, 0.1) is 0 Å². The molecule has 0 aliphatic carbocycles. The number of hydrogen-bond donors (Lipinski definition) is 1. The average molecular weight is 393 g/mol. The molecule has 2 amide bonds. The van der Waals surface area contributed by atoms with E-state index in [4.69, 9.17) is 16.3 Å². The number of amides is 2. The first-order chi connectivity index (χ1) is 12.9. The third-order valence-corrected chi connectivity index (χ3v) is 4.72. The van der Waals surface area contributed by atoms with E-state index < -0.39 is 11.9 Å². The van der Waals surface area contributed by atoms with E-state index in [0.717, 1.165) is 12.0 Å². The molecule has 1 aromatic rings. The predicted octanol–water partition coefficient (Wildman–Crippen LogP) is 3.02. The molecule has 1 aliphatic heterocycles. The van der Waals surface area contributed by atoms with Gasteiger partial charge in [0, 0.05) is 29.6 Å². The van der Waals surface area contributed by atoms with Gasteiger partial charge in [0.1, 0.15) is 6.54 Å². The molecule has 0 bridgehead atoms. The lowest BCUT2D eigenvalue weighted by molar-refractivity contribution is -0.141. The molecule has 1 heterocycles. The first kappa shape index (κ1) is 21.0. The van der Waals surface area contributed by atoms with Crippen molar-refractivity contribution >= 4 is 29.4 Å². The van der Waals surface area contributed by atoms with Gasteiger partial charge < -0.3 is 15.0 Å². The predicted molar refractivity (Wildman–Crippen MR) is 103 cm³/mol. The Balaban J connectivity index is 2.39. The van der Waals surface area contributed by atoms with E-state index in [1.165, 1.54) is 4.90 Å². The number of rotatable bonds is 7. The second kappa shape index (κ2) is 9.55. The maximum atomic E-state index is 12.7. The number of carbonyl (C=O) groups excluding carboxylic acids is 3. The van der Waals surface area contributed by atoms with E-state index in [2.05, 4.69) is 5.32 Å². The third-order valence-electron chi connectivity index (χ3n) is 4.46. The van der Waals surface area contributed by atoms with E-state index in [1.807, 2.05) is 6.92 Å². The number of nitrogens with zero attached hydrogens (tertiary/aromatic N) is 1. The topological polar surface area (TPSA) is 75.7 Å². The largest absolute Gasteiger partial charge is 0.463 e. The highest BCUT2D eigenvalue weighted by molar-refractivity contribution is 6.30. The summed E-state index contributed by atoms with van der Waals surface area (Å²) in [5, 5.41) is 3.33. The maximum absolute atomic E-state index is 12.7. The van der Waals surface area contributed by atoms with Crippen molar-refractivity contribution in [3.05, 3.63) is 46.1 Å². The molecule has 0 aromatic heterocycles. The molecule has 1 aromatic carbocycles. The second-order valence-corrected chi connectivity index (χ2v) is 6.79. The average Bonchev–Trinajstić information content (AvgIpc) is 2.63. The van der Waals surface area contributed by atoms with Crippen molar-refractivity contribution in [3.63, 3.8) is 0 Å². The Kier molecular flexibility index (Phi) is 7.42. The molecular weight excluding hydrogens is 368 g/mol. The van der Waals surface area contributed by atoms with Crippen LogP contribution in [0.3, 0.4) is 0 Å². The van der Waals surface area contributed by atoms with Crippen LogP contribution >= 0.6 is 11.6 Å². The van der Waals surface area contributed by atoms with E-state index in [0.29, 0.717) is 22.8 Å². The Hall–Kier alpha value is -2.34. The molecule has 0 saturated carbocycles. The van der Waals surface area contributed by atoms with E-state index >= 15 is 0 Å². The van der Waals surface area contributed by atoms with Gasteiger partial charge in [-0.25, -0.2) is 4.79 Å². The standard InChI is InChI=1S/C20H25ClN2O4/c1-4-10-22-17(24)12-23-13(3)19(20(26)27-5-2)16(11-18(23)25)14-6-8-15(21)9-7-14/h6-9,16H,4-5,10-12H2,1-3H3,(H,22,24). The Morgan fingerprint density at radius 3 is 2.52 bits per heavy atom. The van der Waals surface area contributed by atoms with Crippen LogP contribution < -0.4 is 5.32 Å². The van der Waals surface area contributed by atoms with Gasteiger partial charge in [0.15, 0.2) is 0 Å². The molecule has 1 unspecified atom stereocenters. The number of esters is 1. The third kappa shape index (κ3) is 5.10. The quantitative estimate of drug-likeness (QED) is 0.724. The minimum Gasteiger partial charge on any atom is -0.463 e. The highest BCUT2D eigenvalue weighted by atomic mass is 35.5. The number of halogens is 1. The van der Waals surface area contributed by atoms with Crippen LogP contribution in [-0.4, -0.2) is 42.4 Å². The number of carbonyl (C=O) groups is 3. The van der Waals surface area contributed by atoms with Crippen molar-refractivity contribution in [2.24, 2.45) is 0 Å². The van der Waals surface area contributed by atoms with Crippen LogP contribution in [0.4, 0.5) is 0 Å². The van der Waals surface area contributed by atoms with Crippen LogP contribution in [0.2, 0.25) is 5.02 Å². The molecule has 0 radical (unpaired) electrons. The van der Waals surface area contributed by atoms with Crippen molar-refractivity contribution in [2.45, 2.75) is 39.5 Å². The van der Waals surface area contributed by atoms with Crippen LogP contribution in [-0.2, 0) is 19.1 Å². The molecule has 1 aliphatic rings. The smallest absolute Gasteiger partial charge is 0.336 e. The van der Waals surface area contributed by atoms with E-state index in [-0.39, 0.29) is 31.4 Å². The summed E-state index contributed by atoms with van der Waals surface area (Å²) in [4.78, 5) is 38.8. The summed E-state index contributed by atoms with van der Waals surface area (Å²) in [7, 11) is 0.